The summed E-state index contributed by atoms with van der Waals surface area (Å²) in [6.45, 7) is 2.10. The largest absolute Gasteiger partial charge is 0.490 e. The number of nitrogens with zero attached hydrogens (tertiary/aromatic N) is 1. The van der Waals surface area contributed by atoms with Crippen molar-refractivity contribution in [1.82, 2.24) is 0 Å². The number of benzene rings is 2. The summed E-state index contributed by atoms with van der Waals surface area (Å²) in [4.78, 5) is 14.7. The molecule has 1 unspecified atom stereocenters. The van der Waals surface area contributed by atoms with Crippen LogP contribution in [0.2, 0.25) is 0 Å². The number of fused-ring (bicyclic) bond motifs is 1. The van der Waals surface area contributed by atoms with Gasteiger partial charge in [-0.2, -0.15) is 0 Å². The van der Waals surface area contributed by atoms with Gasteiger partial charge in [0.05, 0.1) is 10.6 Å². The first kappa shape index (κ1) is 16.6. The molecule has 1 amide bonds. The summed E-state index contributed by atoms with van der Waals surface area (Å²) in [5.74, 6) is 0.769. The maximum absolute atomic E-state index is 12.9. The first-order valence-corrected chi connectivity index (χ1v) is 9.45. The van der Waals surface area contributed by atoms with E-state index in [1.54, 1.807) is 0 Å². The Morgan fingerprint density at radius 2 is 2.16 bits per heavy atom. The van der Waals surface area contributed by atoms with Gasteiger partial charge in [-0.25, -0.2) is 0 Å². The number of ether oxygens (including phenoxy) is 2. The van der Waals surface area contributed by atoms with E-state index in [4.69, 9.17) is 9.47 Å². The Morgan fingerprint density at radius 1 is 1.28 bits per heavy atom. The molecule has 2 aromatic carbocycles. The molecule has 0 bridgehead atoms. The summed E-state index contributed by atoms with van der Waals surface area (Å²) in [6.07, 6.45) is 3.23. The number of carbonyl (C=O) groups excluding carboxylic acids is 1. The normalized spacial score (nSPS) is 19.1. The number of rotatable bonds is 4. The van der Waals surface area contributed by atoms with Gasteiger partial charge in [-0.05, 0) is 65.0 Å². The highest BCUT2D eigenvalue weighted by Gasteiger charge is 2.25. The third-order valence-corrected chi connectivity index (χ3v) is 5.38. The van der Waals surface area contributed by atoms with E-state index in [0.29, 0.717) is 12.2 Å². The smallest absolute Gasteiger partial charge is 0.258 e. The van der Waals surface area contributed by atoms with Crippen LogP contribution in [-0.2, 0) is 11.2 Å². The molecule has 0 radical (unpaired) electrons. The minimum absolute atomic E-state index is 0.0244. The molecule has 2 aromatic rings. The topological polar surface area (TPSA) is 38.8 Å². The molecule has 0 saturated carbocycles. The molecule has 0 aliphatic carbocycles. The van der Waals surface area contributed by atoms with Gasteiger partial charge < -0.3 is 14.4 Å². The van der Waals surface area contributed by atoms with Gasteiger partial charge in [-0.3, -0.25) is 4.79 Å². The molecule has 0 spiro atoms. The van der Waals surface area contributed by atoms with Crippen molar-refractivity contribution in [1.29, 1.82) is 0 Å². The monoisotopic (exact) mass is 401 g/mol. The predicted octanol–water partition coefficient (Wildman–Crippen LogP) is 4.21. The number of anilines is 1. The van der Waals surface area contributed by atoms with Gasteiger partial charge in [0.2, 0.25) is 0 Å². The lowest BCUT2D eigenvalue weighted by Crippen LogP contribution is -2.28. The summed E-state index contributed by atoms with van der Waals surface area (Å²) in [5.41, 5.74) is 2.90. The summed E-state index contributed by atoms with van der Waals surface area (Å²) in [5, 5.41) is 0. The molecule has 1 fully saturated rings. The van der Waals surface area contributed by atoms with Gasteiger partial charge in [0, 0.05) is 24.4 Å². The fourth-order valence-electron chi connectivity index (χ4n) is 3.41. The van der Waals surface area contributed by atoms with Crippen LogP contribution in [0.25, 0.3) is 0 Å². The molecular formula is C20H20BrNO3. The standard InChI is InChI=1S/C20H20BrNO3/c21-17-12-15(7-8-19(17)25-13-16-5-3-11-24-16)20(23)22-10-9-14-4-1-2-6-18(14)22/h1-2,4,6-8,12,16H,3,5,9-11,13H2. The molecule has 4 rings (SSSR count). The average molecular weight is 402 g/mol. The van der Waals surface area contributed by atoms with Crippen molar-refractivity contribution in [2.45, 2.75) is 25.4 Å². The number of amides is 1. The lowest BCUT2D eigenvalue weighted by molar-refractivity contribution is 0.0677. The Kier molecular flexibility index (Phi) is 4.77. The van der Waals surface area contributed by atoms with E-state index in [2.05, 4.69) is 22.0 Å². The molecule has 1 atom stereocenters. The Balaban J connectivity index is 1.47. The molecule has 1 saturated heterocycles. The Hall–Kier alpha value is -1.85. The van der Waals surface area contributed by atoms with Crippen LogP contribution in [0.4, 0.5) is 5.69 Å². The zero-order chi connectivity index (χ0) is 17.2. The van der Waals surface area contributed by atoms with Crippen molar-refractivity contribution in [3.63, 3.8) is 0 Å². The first-order valence-electron chi connectivity index (χ1n) is 8.66. The molecule has 130 valence electrons. The second-order valence-electron chi connectivity index (χ2n) is 6.43. The van der Waals surface area contributed by atoms with Crippen LogP contribution in [0.1, 0.15) is 28.8 Å². The molecule has 2 aliphatic rings. The molecule has 2 heterocycles. The van der Waals surface area contributed by atoms with Crippen LogP contribution in [0.5, 0.6) is 5.75 Å². The fraction of sp³-hybridized carbons (Fsp3) is 0.350. The highest BCUT2D eigenvalue weighted by molar-refractivity contribution is 9.10. The van der Waals surface area contributed by atoms with Gasteiger partial charge in [-0.15, -0.1) is 0 Å². The van der Waals surface area contributed by atoms with E-state index in [1.165, 1.54) is 5.56 Å². The zero-order valence-electron chi connectivity index (χ0n) is 13.9. The molecule has 0 aromatic heterocycles. The summed E-state index contributed by atoms with van der Waals surface area (Å²) in [7, 11) is 0. The van der Waals surface area contributed by atoms with Gasteiger partial charge in [0.25, 0.3) is 5.91 Å². The Bertz CT molecular complexity index is 786. The third kappa shape index (κ3) is 3.44. The lowest BCUT2D eigenvalue weighted by atomic mass is 10.1. The van der Waals surface area contributed by atoms with Gasteiger partial charge in [-0.1, -0.05) is 18.2 Å². The van der Waals surface area contributed by atoms with E-state index < -0.39 is 0 Å². The Labute approximate surface area is 155 Å². The van der Waals surface area contributed by atoms with Crippen molar-refractivity contribution < 1.29 is 14.3 Å². The van der Waals surface area contributed by atoms with Crippen LogP contribution >= 0.6 is 15.9 Å². The minimum Gasteiger partial charge on any atom is -0.490 e. The molecule has 2 aliphatic heterocycles. The maximum atomic E-state index is 12.9. The average Bonchev–Trinajstić information content (AvgIpc) is 3.29. The lowest BCUT2D eigenvalue weighted by Gasteiger charge is -2.18. The second-order valence-corrected chi connectivity index (χ2v) is 7.28. The van der Waals surface area contributed by atoms with Crippen LogP contribution in [0, 0.1) is 0 Å². The second kappa shape index (κ2) is 7.18. The predicted molar refractivity (Wildman–Crippen MR) is 100 cm³/mol. The summed E-state index contributed by atoms with van der Waals surface area (Å²) < 4.78 is 12.2. The quantitative estimate of drug-likeness (QED) is 0.769. The molecule has 25 heavy (non-hydrogen) atoms. The number of hydrogen-bond donors (Lipinski definition) is 0. The van der Waals surface area contributed by atoms with Crippen LogP contribution in [0.3, 0.4) is 0 Å². The Morgan fingerprint density at radius 3 is 2.96 bits per heavy atom. The SMILES string of the molecule is O=C(c1ccc(OCC2CCCO2)c(Br)c1)N1CCc2ccccc21. The van der Waals surface area contributed by atoms with E-state index >= 15 is 0 Å². The minimum atomic E-state index is 0.0244. The van der Waals surface area contributed by atoms with Gasteiger partial charge >= 0.3 is 0 Å². The van der Waals surface area contributed by atoms with E-state index in [9.17, 15) is 4.79 Å². The first-order chi connectivity index (χ1) is 12.2. The highest BCUT2D eigenvalue weighted by Crippen LogP contribution is 2.31. The van der Waals surface area contributed by atoms with Crippen LogP contribution < -0.4 is 9.64 Å². The van der Waals surface area contributed by atoms with Crippen molar-refractivity contribution >= 4 is 27.5 Å². The van der Waals surface area contributed by atoms with Gasteiger partial charge in [0.1, 0.15) is 12.4 Å². The van der Waals surface area contributed by atoms with E-state index in [-0.39, 0.29) is 12.0 Å². The number of hydrogen-bond acceptors (Lipinski definition) is 3. The zero-order valence-corrected chi connectivity index (χ0v) is 15.5. The van der Waals surface area contributed by atoms with E-state index in [0.717, 1.165) is 48.3 Å². The van der Waals surface area contributed by atoms with Gasteiger partial charge in [0.15, 0.2) is 0 Å². The molecular weight excluding hydrogens is 382 g/mol. The highest BCUT2D eigenvalue weighted by atomic mass is 79.9. The molecule has 0 N–H and O–H groups in total. The molecule has 5 heteroatoms. The van der Waals surface area contributed by atoms with Crippen molar-refractivity contribution in [2.24, 2.45) is 0 Å². The van der Waals surface area contributed by atoms with Crippen LogP contribution in [-0.4, -0.2) is 31.8 Å². The third-order valence-electron chi connectivity index (χ3n) is 4.76. The number of halogens is 1. The molecule has 4 nitrogen and oxygen atoms in total. The van der Waals surface area contributed by atoms with Crippen molar-refractivity contribution in [2.75, 3.05) is 24.7 Å². The fourth-order valence-corrected chi connectivity index (χ4v) is 3.91. The van der Waals surface area contributed by atoms with E-state index in [1.807, 2.05) is 41.3 Å². The number of carbonyl (C=O) groups is 1. The summed E-state index contributed by atoms with van der Waals surface area (Å²) >= 11 is 3.53. The van der Waals surface area contributed by atoms with Crippen molar-refractivity contribution in [3.05, 3.63) is 58.1 Å². The summed E-state index contributed by atoms with van der Waals surface area (Å²) in [6, 6.07) is 13.6. The van der Waals surface area contributed by atoms with Crippen LogP contribution in [0.15, 0.2) is 46.9 Å². The van der Waals surface area contributed by atoms with Crippen molar-refractivity contribution in [3.8, 4) is 5.75 Å². The number of para-hydroxylation sites is 1. The maximum Gasteiger partial charge on any atom is 0.258 e.